The average molecular weight is 274 g/mol. The molecule has 0 saturated heterocycles. The highest BCUT2D eigenvalue weighted by atomic mass is 16.7. The summed E-state index contributed by atoms with van der Waals surface area (Å²) in [5.41, 5.74) is 12.2. The molecule has 0 heterocycles. The van der Waals surface area contributed by atoms with Gasteiger partial charge in [-0.1, -0.05) is 0 Å². The Kier molecular flexibility index (Phi) is 3.95. The van der Waals surface area contributed by atoms with E-state index in [4.69, 9.17) is 26.0 Å². The van der Waals surface area contributed by atoms with Crippen molar-refractivity contribution in [2.45, 2.75) is 6.29 Å². The second kappa shape index (κ2) is 5.83. The monoisotopic (exact) mass is 274 g/mol. The highest BCUT2D eigenvalue weighted by molar-refractivity contribution is 5.71. The second-order valence-electron chi connectivity index (χ2n) is 4.04. The molecule has 0 fully saturated rings. The number of hydrogen-bond acceptors (Lipinski definition) is 5. The van der Waals surface area contributed by atoms with Crippen LogP contribution in [0.2, 0.25) is 0 Å². The SMILES string of the molecule is Nc1ccc(OC(Oc2ccc(N)cc2)C(=O)O)cc1. The zero-order chi connectivity index (χ0) is 14.5. The van der Waals surface area contributed by atoms with Gasteiger partial charge in [0.05, 0.1) is 0 Å². The smallest absolute Gasteiger partial charge is 0.387 e. The molecule has 0 bridgehead atoms. The molecule has 0 aromatic heterocycles. The van der Waals surface area contributed by atoms with Crippen molar-refractivity contribution in [3.63, 3.8) is 0 Å². The first-order valence-electron chi connectivity index (χ1n) is 5.82. The quantitative estimate of drug-likeness (QED) is 0.566. The molecule has 0 amide bonds. The molecule has 0 aliphatic carbocycles. The Labute approximate surface area is 115 Å². The Hall–Kier alpha value is -2.89. The lowest BCUT2D eigenvalue weighted by Crippen LogP contribution is -2.33. The second-order valence-corrected chi connectivity index (χ2v) is 4.04. The molecule has 0 aliphatic rings. The fourth-order valence-electron chi connectivity index (χ4n) is 1.46. The minimum absolute atomic E-state index is 0.349. The van der Waals surface area contributed by atoms with Gasteiger partial charge in [0.25, 0.3) is 0 Å². The maximum absolute atomic E-state index is 11.1. The standard InChI is InChI=1S/C14H14N2O4/c15-9-1-5-11(6-2-9)19-14(13(17)18)20-12-7-3-10(16)4-8-12/h1-8,14H,15-16H2,(H,17,18). The summed E-state index contributed by atoms with van der Waals surface area (Å²) in [5, 5.41) is 9.11. The number of nitrogen functional groups attached to an aromatic ring is 2. The Morgan fingerprint density at radius 2 is 1.20 bits per heavy atom. The van der Waals surface area contributed by atoms with Gasteiger partial charge >= 0.3 is 12.3 Å². The summed E-state index contributed by atoms with van der Waals surface area (Å²) in [6.07, 6.45) is -1.46. The molecule has 0 saturated carbocycles. The summed E-state index contributed by atoms with van der Waals surface area (Å²) in [4.78, 5) is 11.1. The van der Waals surface area contributed by atoms with E-state index in [0.29, 0.717) is 22.9 Å². The van der Waals surface area contributed by atoms with Gasteiger partial charge in [-0.05, 0) is 48.5 Å². The van der Waals surface area contributed by atoms with Gasteiger partial charge in [-0.3, -0.25) is 0 Å². The van der Waals surface area contributed by atoms with E-state index in [9.17, 15) is 4.79 Å². The molecule has 0 spiro atoms. The first-order valence-corrected chi connectivity index (χ1v) is 5.82. The largest absolute Gasteiger partial charge is 0.476 e. The van der Waals surface area contributed by atoms with Crippen LogP contribution in [0.15, 0.2) is 48.5 Å². The molecule has 2 rings (SSSR count). The number of rotatable bonds is 5. The third kappa shape index (κ3) is 3.55. The number of carboxylic acid groups (broad SMARTS) is 1. The van der Waals surface area contributed by atoms with Crippen molar-refractivity contribution in [2.24, 2.45) is 0 Å². The maximum atomic E-state index is 11.1. The molecule has 2 aromatic carbocycles. The van der Waals surface area contributed by atoms with E-state index in [1.807, 2.05) is 0 Å². The fourth-order valence-corrected chi connectivity index (χ4v) is 1.46. The van der Waals surface area contributed by atoms with Gasteiger partial charge in [0.15, 0.2) is 0 Å². The molecule has 5 N–H and O–H groups in total. The Bertz CT molecular complexity index is 534. The van der Waals surface area contributed by atoms with Crippen molar-refractivity contribution in [1.82, 2.24) is 0 Å². The Morgan fingerprint density at radius 3 is 1.50 bits per heavy atom. The molecular formula is C14H14N2O4. The van der Waals surface area contributed by atoms with E-state index in [1.54, 1.807) is 48.5 Å². The van der Waals surface area contributed by atoms with Crippen molar-refractivity contribution >= 4 is 17.3 Å². The van der Waals surface area contributed by atoms with Crippen LogP contribution >= 0.6 is 0 Å². The minimum atomic E-state index is -1.46. The molecule has 2 aromatic rings. The number of aliphatic carboxylic acids is 1. The summed E-state index contributed by atoms with van der Waals surface area (Å²) in [6.45, 7) is 0. The van der Waals surface area contributed by atoms with Crippen LogP contribution in [0.1, 0.15) is 0 Å². The topological polar surface area (TPSA) is 108 Å². The summed E-state index contributed by atoms with van der Waals surface area (Å²) in [6, 6.07) is 12.7. The number of nitrogens with two attached hydrogens (primary N) is 2. The number of benzene rings is 2. The van der Waals surface area contributed by atoms with Crippen molar-refractivity contribution in [1.29, 1.82) is 0 Å². The van der Waals surface area contributed by atoms with Crippen LogP contribution in [0.4, 0.5) is 11.4 Å². The van der Waals surface area contributed by atoms with Gasteiger partial charge in [0.1, 0.15) is 11.5 Å². The van der Waals surface area contributed by atoms with Crippen molar-refractivity contribution < 1.29 is 19.4 Å². The highest BCUT2D eigenvalue weighted by Gasteiger charge is 2.21. The van der Waals surface area contributed by atoms with Gasteiger partial charge in [0, 0.05) is 11.4 Å². The lowest BCUT2D eigenvalue weighted by molar-refractivity contribution is -0.158. The van der Waals surface area contributed by atoms with Crippen LogP contribution < -0.4 is 20.9 Å². The van der Waals surface area contributed by atoms with Crippen LogP contribution in [0.3, 0.4) is 0 Å². The molecule has 20 heavy (non-hydrogen) atoms. The van der Waals surface area contributed by atoms with E-state index in [0.717, 1.165) is 0 Å². The van der Waals surface area contributed by atoms with Crippen LogP contribution in [-0.2, 0) is 4.79 Å². The Morgan fingerprint density at radius 1 is 0.850 bits per heavy atom. The first-order chi connectivity index (χ1) is 9.54. The van der Waals surface area contributed by atoms with E-state index in [2.05, 4.69) is 0 Å². The normalized spacial score (nSPS) is 10.2. The minimum Gasteiger partial charge on any atom is -0.476 e. The molecule has 104 valence electrons. The molecule has 0 unspecified atom stereocenters. The fraction of sp³-hybridized carbons (Fsp3) is 0.0714. The van der Waals surface area contributed by atoms with E-state index < -0.39 is 12.3 Å². The highest BCUT2D eigenvalue weighted by Crippen LogP contribution is 2.19. The third-order valence-electron chi connectivity index (χ3n) is 2.45. The summed E-state index contributed by atoms with van der Waals surface area (Å²) >= 11 is 0. The number of carboxylic acids is 1. The van der Waals surface area contributed by atoms with Gasteiger partial charge in [-0.2, -0.15) is 0 Å². The zero-order valence-corrected chi connectivity index (χ0v) is 10.5. The van der Waals surface area contributed by atoms with Crippen LogP contribution in [0.5, 0.6) is 11.5 Å². The van der Waals surface area contributed by atoms with Crippen molar-refractivity contribution in [2.75, 3.05) is 11.5 Å². The molecule has 0 atom stereocenters. The molecule has 0 aliphatic heterocycles. The van der Waals surface area contributed by atoms with Crippen LogP contribution in [0, 0.1) is 0 Å². The summed E-state index contributed by atoms with van der Waals surface area (Å²) < 4.78 is 10.5. The van der Waals surface area contributed by atoms with Gasteiger partial charge < -0.3 is 26.0 Å². The van der Waals surface area contributed by atoms with Crippen LogP contribution in [0.25, 0.3) is 0 Å². The summed E-state index contributed by atoms with van der Waals surface area (Å²) in [5.74, 6) is -0.539. The molecular weight excluding hydrogens is 260 g/mol. The molecule has 6 heteroatoms. The molecule has 0 radical (unpaired) electrons. The van der Waals surface area contributed by atoms with Crippen molar-refractivity contribution in [3.8, 4) is 11.5 Å². The average Bonchev–Trinajstić information content (AvgIpc) is 2.42. The number of carbonyl (C=O) groups is 1. The van der Waals surface area contributed by atoms with E-state index in [1.165, 1.54) is 0 Å². The lowest BCUT2D eigenvalue weighted by Gasteiger charge is -2.16. The van der Waals surface area contributed by atoms with E-state index >= 15 is 0 Å². The predicted molar refractivity (Wildman–Crippen MR) is 74.4 cm³/mol. The number of hydrogen-bond donors (Lipinski definition) is 3. The van der Waals surface area contributed by atoms with E-state index in [-0.39, 0.29) is 0 Å². The van der Waals surface area contributed by atoms with Gasteiger partial charge in [-0.25, -0.2) is 4.79 Å². The number of anilines is 2. The first kappa shape index (κ1) is 13.5. The van der Waals surface area contributed by atoms with Crippen molar-refractivity contribution in [3.05, 3.63) is 48.5 Å². The molecule has 6 nitrogen and oxygen atoms in total. The van der Waals surface area contributed by atoms with Gasteiger partial charge in [-0.15, -0.1) is 0 Å². The van der Waals surface area contributed by atoms with Crippen LogP contribution in [-0.4, -0.2) is 17.4 Å². The maximum Gasteiger partial charge on any atom is 0.387 e. The summed E-state index contributed by atoms with van der Waals surface area (Å²) in [7, 11) is 0. The predicted octanol–water partition coefficient (Wildman–Crippen LogP) is 1.72. The number of ether oxygens (including phenoxy) is 2. The third-order valence-corrected chi connectivity index (χ3v) is 2.45. The zero-order valence-electron chi connectivity index (χ0n) is 10.5. The van der Waals surface area contributed by atoms with Gasteiger partial charge in [0.2, 0.25) is 0 Å². The lowest BCUT2D eigenvalue weighted by atomic mass is 10.3. The Balaban J connectivity index is 2.09.